The number of hydrogen-bond acceptors (Lipinski definition) is 3. The van der Waals surface area contributed by atoms with Gasteiger partial charge in [0.05, 0.1) is 12.2 Å². The zero-order valence-corrected chi connectivity index (χ0v) is 6.61. The molecule has 0 aromatic carbocycles. The van der Waals surface area contributed by atoms with E-state index in [4.69, 9.17) is 0 Å². The van der Waals surface area contributed by atoms with Crippen LogP contribution in [-0.2, 0) is 0 Å². The van der Waals surface area contributed by atoms with Gasteiger partial charge in [-0.2, -0.15) is 0 Å². The molecule has 0 saturated carbocycles. The number of nitrogens with zero attached hydrogens (tertiary/aromatic N) is 1. The van der Waals surface area contributed by atoms with E-state index in [2.05, 4.69) is 4.90 Å². The van der Waals surface area contributed by atoms with Crippen LogP contribution in [0.5, 0.6) is 0 Å². The van der Waals surface area contributed by atoms with E-state index >= 15 is 0 Å². The Morgan fingerprint density at radius 1 is 1.27 bits per heavy atom. The van der Waals surface area contributed by atoms with Gasteiger partial charge in [-0.3, -0.25) is 4.90 Å². The molecule has 0 aliphatic carbocycles. The first-order valence-corrected chi connectivity index (χ1v) is 4.37. The van der Waals surface area contributed by atoms with Crippen LogP contribution in [0.25, 0.3) is 0 Å². The Hall–Kier alpha value is -0.120. The van der Waals surface area contributed by atoms with Gasteiger partial charge in [-0.1, -0.05) is 0 Å². The largest absolute Gasteiger partial charge is 0.392 e. The van der Waals surface area contributed by atoms with Crippen molar-refractivity contribution in [2.75, 3.05) is 13.1 Å². The zero-order valence-electron chi connectivity index (χ0n) is 6.61. The van der Waals surface area contributed by atoms with Crippen LogP contribution in [-0.4, -0.2) is 46.5 Å². The van der Waals surface area contributed by atoms with E-state index in [1.807, 2.05) is 0 Å². The molecular weight excluding hydrogens is 142 g/mol. The maximum atomic E-state index is 9.54. The molecule has 2 saturated heterocycles. The maximum absolute atomic E-state index is 9.54. The quantitative estimate of drug-likeness (QED) is 0.502. The first-order chi connectivity index (χ1) is 5.27. The second-order valence-corrected chi connectivity index (χ2v) is 3.66. The molecular formula is C8H15NO2. The van der Waals surface area contributed by atoms with Crippen molar-refractivity contribution < 1.29 is 10.2 Å². The van der Waals surface area contributed by atoms with Gasteiger partial charge in [-0.25, -0.2) is 0 Å². The fourth-order valence-corrected chi connectivity index (χ4v) is 2.26. The summed E-state index contributed by atoms with van der Waals surface area (Å²) in [7, 11) is 0. The van der Waals surface area contributed by atoms with Crippen molar-refractivity contribution in [1.29, 1.82) is 0 Å². The van der Waals surface area contributed by atoms with Crippen LogP contribution in [0.1, 0.15) is 19.3 Å². The topological polar surface area (TPSA) is 43.7 Å². The normalized spacial score (nSPS) is 45.8. The van der Waals surface area contributed by atoms with Crippen molar-refractivity contribution in [3.63, 3.8) is 0 Å². The molecule has 3 atom stereocenters. The molecule has 2 fully saturated rings. The summed E-state index contributed by atoms with van der Waals surface area (Å²) in [5.74, 6) is 0. The number of aliphatic hydroxyl groups excluding tert-OH is 2. The molecule has 0 aromatic heterocycles. The maximum Gasteiger partial charge on any atom is 0.0696 e. The highest BCUT2D eigenvalue weighted by molar-refractivity contribution is 4.92. The van der Waals surface area contributed by atoms with Gasteiger partial charge in [-0.15, -0.1) is 0 Å². The van der Waals surface area contributed by atoms with Gasteiger partial charge in [0.25, 0.3) is 0 Å². The first kappa shape index (κ1) is 7.53. The van der Waals surface area contributed by atoms with Crippen LogP contribution >= 0.6 is 0 Å². The minimum atomic E-state index is -0.201. The molecule has 0 spiro atoms. The molecule has 2 heterocycles. The third-order valence-corrected chi connectivity index (χ3v) is 2.82. The van der Waals surface area contributed by atoms with Crippen molar-refractivity contribution in [1.82, 2.24) is 4.90 Å². The van der Waals surface area contributed by atoms with Crippen molar-refractivity contribution in [3.8, 4) is 0 Å². The summed E-state index contributed by atoms with van der Waals surface area (Å²) in [4.78, 5) is 2.21. The lowest BCUT2D eigenvalue weighted by atomic mass is 9.99. The summed E-state index contributed by atoms with van der Waals surface area (Å²) in [6, 6.07) is 0.249. The number of aliphatic hydroxyl groups is 2. The van der Waals surface area contributed by atoms with Crippen LogP contribution in [0, 0.1) is 0 Å². The number of fused-ring (bicyclic) bond motifs is 1. The summed E-state index contributed by atoms with van der Waals surface area (Å²) in [6.45, 7) is 1.82. The van der Waals surface area contributed by atoms with Crippen molar-refractivity contribution in [3.05, 3.63) is 0 Å². The Balaban J connectivity index is 2.03. The van der Waals surface area contributed by atoms with E-state index in [0.717, 1.165) is 32.4 Å². The summed E-state index contributed by atoms with van der Waals surface area (Å²) in [5, 5.41) is 18.9. The summed E-state index contributed by atoms with van der Waals surface area (Å²) in [6.07, 6.45) is 2.35. The lowest BCUT2D eigenvalue weighted by molar-refractivity contribution is 0.0344. The van der Waals surface area contributed by atoms with Gasteiger partial charge in [0, 0.05) is 12.6 Å². The van der Waals surface area contributed by atoms with E-state index in [0.29, 0.717) is 0 Å². The van der Waals surface area contributed by atoms with E-state index in [-0.39, 0.29) is 18.2 Å². The molecule has 0 aromatic rings. The van der Waals surface area contributed by atoms with Crippen molar-refractivity contribution in [2.24, 2.45) is 0 Å². The molecule has 0 unspecified atom stereocenters. The summed E-state index contributed by atoms with van der Waals surface area (Å²) >= 11 is 0. The van der Waals surface area contributed by atoms with Gasteiger partial charge >= 0.3 is 0 Å². The Morgan fingerprint density at radius 2 is 2.09 bits per heavy atom. The second-order valence-electron chi connectivity index (χ2n) is 3.66. The third kappa shape index (κ3) is 1.28. The van der Waals surface area contributed by atoms with E-state index in [1.54, 1.807) is 0 Å². The monoisotopic (exact) mass is 157 g/mol. The standard InChI is InChI=1S/C8H15NO2/c10-6-4-7-8(11)2-1-3-9(7)5-6/h6-8,10-11H,1-5H2/t6-,7-,8+/m0/s1. The Morgan fingerprint density at radius 3 is 2.82 bits per heavy atom. The highest BCUT2D eigenvalue weighted by Gasteiger charge is 2.37. The van der Waals surface area contributed by atoms with E-state index < -0.39 is 0 Å². The number of rotatable bonds is 0. The SMILES string of the molecule is O[C@H]1C[C@H]2[C@H](O)CCCN2C1. The van der Waals surface area contributed by atoms with Gasteiger partial charge < -0.3 is 10.2 Å². The van der Waals surface area contributed by atoms with Gasteiger partial charge in [0.2, 0.25) is 0 Å². The predicted octanol–water partition coefficient (Wildman–Crippen LogP) is -0.424. The number of hydrogen-bond donors (Lipinski definition) is 2. The summed E-state index contributed by atoms with van der Waals surface area (Å²) < 4.78 is 0. The second kappa shape index (κ2) is 2.73. The van der Waals surface area contributed by atoms with Gasteiger partial charge in [0.15, 0.2) is 0 Å². The highest BCUT2D eigenvalue weighted by Crippen LogP contribution is 2.26. The zero-order chi connectivity index (χ0) is 7.84. The van der Waals surface area contributed by atoms with Crippen molar-refractivity contribution >= 4 is 0 Å². The van der Waals surface area contributed by atoms with Crippen molar-refractivity contribution in [2.45, 2.75) is 37.5 Å². The average Bonchev–Trinajstić information content (AvgIpc) is 2.31. The van der Waals surface area contributed by atoms with Gasteiger partial charge in [0.1, 0.15) is 0 Å². The smallest absolute Gasteiger partial charge is 0.0696 e. The molecule has 2 rings (SSSR count). The van der Waals surface area contributed by atoms with E-state index in [9.17, 15) is 10.2 Å². The molecule has 0 radical (unpaired) electrons. The minimum absolute atomic E-state index is 0.194. The molecule has 2 N–H and O–H groups in total. The first-order valence-electron chi connectivity index (χ1n) is 4.37. The van der Waals surface area contributed by atoms with Crippen LogP contribution in [0.4, 0.5) is 0 Å². The Bertz CT molecular complexity index is 151. The van der Waals surface area contributed by atoms with Gasteiger partial charge in [-0.05, 0) is 25.8 Å². The summed E-state index contributed by atoms with van der Waals surface area (Å²) in [5.41, 5.74) is 0. The Labute approximate surface area is 66.6 Å². The van der Waals surface area contributed by atoms with Crippen LogP contribution in [0.3, 0.4) is 0 Å². The molecule has 0 bridgehead atoms. The molecule has 2 aliphatic heterocycles. The van der Waals surface area contributed by atoms with E-state index in [1.165, 1.54) is 0 Å². The molecule has 3 nitrogen and oxygen atoms in total. The van der Waals surface area contributed by atoms with Crippen LogP contribution < -0.4 is 0 Å². The molecule has 64 valence electrons. The fourth-order valence-electron chi connectivity index (χ4n) is 2.26. The molecule has 3 heteroatoms. The third-order valence-electron chi connectivity index (χ3n) is 2.82. The predicted molar refractivity (Wildman–Crippen MR) is 41.2 cm³/mol. The lowest BCUT2D eigenvalue weighted by Crippen LogP contribution is -2.43. The fraction of sp³-hybridized carbons (Fsp3) is 1.00. The minimum Gasteiger partial charge on any atom is -0.392 e. The lowest BCUT2D eigenvalue weighted by Gasteiger charge is -2.33. The Kier molecular flexibility index (Phi) is 1.87. The highest BCUT2D eigenvalue weighted by atomic mass is 16.3. The average molecular weight is 157 g/mol. The molecule has 0 amide bonds. The van der Waals surface area contributed by atoms with Crippen LogP contribution in [0.15, 0.2) is 0 Å². The number of piperidine rings is 1. The molecule has 11 heavy (non-hydrogen) atoms. The van der Waals surface area contributed by atoms with Crippen LogP contribution in [0.2, 0.25) is 0 Å². The molecule has 2 aliphatic rings.